The summed E-state index contributed by atoms with van der Waals surface area (Å²) in [6.45, 7) is 8.60. The van der Waals surface area contributed by atoms with Crippen molar-refractivity contribution in [1.82, 2.24) is 0 Å². The fourth-order valence-corrected chi connectivity index (χ4v) is 10.3. The minimum absolute atomic E-state index is 1.24. The summed E-state index contributed by atoms with van der Waals surface area (Å²) in [4.78, 5) is 0. The minimum Gasteiger partial charge on any atom is -0.0622 e. The van der Waals surface area contributed by atoms with Gasteiger partial charge in [-0.05, 0) is 169 Å². The van der Waals surface area contributed by atoms with Crippen molar-refractivity contribution in [1.29, 1.82) is 0 Å². The Kier molecular flexibility index (Phi) is 18.6. The lowest BCUT2D eigenvalue weighted by Gasteiger charge is -2.11. The predicted molar refractivity (Wildman–Crippen MR) is 354 cm³/mol. The smallest absolute Gasteiger partial charge is 0.0154 e. The van der Waals surface area contributed by atoms with E-state index in [2.05, 4.69) is 361 Å². The first-order chi connectivity index (χ1) is 40.3. The Bertz CT molecular complexity index is 3960. The molecule has 0 saturated heterocycles. The van der Waals surface area contributed by atoms with Gasteiger partial charge >= 0.3 is 0 Å². The molecule has 0 aromatic heterocycles. The third kappa shape index (κ3) is 14.9. The number of hydrogen-bond donors (Lipinski definition) is 0. The molecule has 0 atom stereocenters. The normalized spacial score (nSPS) is 10.4. The maximum Gasteiger partial charge on any atom is -0.0154 e. The van der Waals surface area contributed by atoms with Gasteiger partial charge in [0.2, 0.25) is 0 Å². The van der Waals surface area contributed by atoms with Crippen molar-refractivity contribution in [2.75, 3.05) is 0 Å². The molecule has 396 valence electrons. The Morgan fingerprint density at radius 3 is 0.695 bits per heavy atom. The summed E-state index contributed by atoms with van der Waals surface area (Å²) in [6.07, 6.45) is 0. The van der Waals surface area contributed by atoms with Crippen LogP contribution in [0.2, 0.25) is 0 Å². The van der Waals surface area contributed by atoms with Gasteiger partial charge in [0, 0.05) is 0 Å². The van der Waals surface area contributed by atoms with E-state index in [9.17, 15) is 0 Å². The molecule has 0 spiro atoms. The zero-order valence-corrected chi connectivity index (χ0v) is 47.3. The molecule has 13 rings (SSSR count). The van der Waals surface area contributed by atoms with Crippen LogP contribution < -0.4 is 0 Å². The summed E-state index contributed by atoms with van der Waals surface area (Å²) in [5, 5.41) is 0. The summed E-state index contributed by atoms with van der Waals surface area (Å²) in [5.41, 5.74) is 28.0. The fraction of sp³-hybridized carbons (Fsp3) is 0.0488. The van der Waals surface area contributed by atoms with Gasteiger partial charge in [-0.3, -0.25) is 0 Å². The van der Waals surface area contributed by atoms with Gasteiger partial charge in [-0.2, -0.15) is 0 Å². The Labute approximate surface area is 487 Å². The second-order valence-electron chi connectivity index (χ2n) is 20.8. The van der Waals surface area contributed by atoms with E-state index in [1.54, 1.807) is 0 Å². The molecule has 0 unspecified atom stereocenters. The van der Waals surface area contributed by atoms with E-state index in [4.69, 9.17) is 0 Å². The van der Waals surface area contributed by atoms with Crippen LogP contribution in [0.5, 0.6) is 0 Å². The van der Waals surface area contributed by atoms with Gasteiger partial charge in [-0.1, -0.05) is 321 Å². The molecule has 0 heterocycles. The Morgan fingerprint density at radius 1 is 0.134 bits per heavy atom. The molecule has 0 nitrogen and oxygen atoms in total. The molecule has 0 aliphatic heterocycles. The number of benzene rings is 13. The van der Waals surface area contributed by atoms with Crippen LogP contribution in [0.15, 0.2) is 340 Å². The first kappa shape index (κ1) is 55.2. The van der Waals surface area contributed by atoms with E-state index >= 15 is 0 Å². The van der Waals surface area contributed by atoms with Crippen LogP contribution in [0, 0.1) is 27.7 Å². The summed E-state index contributed by atoms with van der Waals surface area (Å²) in [5.74, 6) is 0. The van der Waals surface area contributed by atoms with E-state index < -0.39 is 0 Å². The van der Waals surface area contributed by atoms with E-state index in [0.717, 1.165) is 0 Å². The fourth-order valence-electron chi connectivity index (χ4n) is 10.3. The van der Waals surface area contributed by atoms with Gasteiger partial charge in [0.05, 0.1) is 0 Å². The molecule has 0 saturated carbocycles. The van der Waals surface area contributed by atoms with Crippen LogP contribution in [0.3, 0.4) is 0 Å². The van der Waals surface area contributed by atoms with Crippen molar-refractivity contribution in [3.05, 3.63) is 362 Å². The van der Waals surface area contributed by atoms with Crippen LogP contribution in [-0.2, 0) is 0 Å². The zero-order chi connectivity index (χ0) is 56.3. The van der Waals surface area contributed by atoms with Crippen LogP contribution in [0.4, 0.5) is 0 Å². The molecule has 0 aliphatic rings. The quantitative estimate of drug-likeness (QED) is 0.135. The average molecular weight is 1050 g/mol. The molecule has 13 aromatic rings. The molecule has 82 heavy (non-hydrogen) atoms. The van der Waals surface area contributed by atoms with Crippen LogP contribution in [-0.4, -0.2) is 0 Å². The number of aryl methyl sites for hydroxylation is 4. The SMILES string of the molecule is Cc1cc(-c2ccccc2)cc(-c2ccccc2)c1.Cc1cc(-c2ccccc2)ccc1-c1ccccc1.Cc1cccc(-c2cc(-c3ccccc3)cc(-c3ccccc3)c2)c1.Cc1cccc(-c2cccc(-c3ccccc3)c2)c1. The molecule has 0 aliphatic carbocycles. The van der Waals surface area contributed by atoms with Crippen molar-refractivity contribution in [3.63, 3.8) is 0 Å². The van der Waals surface area contributed by atoms with Crippen LogP contribution in [0.25, 0.3) is 100 Å². The van der Waals surface area contributed by atoms with Gasteiger partial charge in [0.15, 0.2) is 0 Å². The monoisotopic (exact) mass is 1050 g/mol. The molecule has 0 N–H and O–H groups in total. The molecule has 13 aromatic carbocycles. The van der Waals surface area contributed by atoms with Crippen molar-refractivity contribution >= 4 is 0 Å². The summed E-state index contributed by atoms with van der Waals surface area (Å²) < 4.78 is 0. The van der Waals surface area contributed by atoms with E-state index in [1.807, 2.05) is 6.07 Å². The van der Waals surface area contributed by atoms with Crippen molar-refractivity contribution < 1.29 is 0 Å². The van der Waals surface area contributed by atoms with Crippen molar-refractivity contribution in [3.8, 4) is 100 Å². The summed E-state index contributed by atoms with van der Waals surface area (Å²) in [7, 11) is 0. The lowest BCUT2D eigenvalue weighted by molar-refractivity contribution is 1.45. The maximum absolute atomic E-state index is 2.29. The second kappa shape index (κ2) is 27.6. The first-order valence-electron chi connectivity index (χ1n) is 28.3. The van der Waals surface area contributed by atoms with Crippen molar-refractivity contribution in [2.24, 2.45) is 0 Å². The minimum atomic E-state index is 1.24. The largest absolute Gasteiger partial charge is 0.0622 e. The van der Waals surface area contributed by atoms with E-state index in [-0.39, 0.29) is 0 Å². The van der Waals surface area contributed by atoms with Gasteiger partial charge in [-0.25, -0.2) is 0 Å². The first-order valence-corrected chi connectivity index (χ1v) is 28.3. The highest BCUT2D eigenvalue weighted by Crippen LogP contribution is 2.34. The molecule has 0 fully saturated rings. The lowest BCUT2D eigenvalue weighted by Crippen LogP contribution is -1.86. The third-order valence-electron chi connectivity index (χ3n) is 14.5. The predicted octanol–water partition coefficient (Wildman–Crippen LogP) is 23.0. The summed E-state index contributed by atoms with van der Waals surface area (Å²) in [6, 6.07) is 120. The summed E-state index contributed by atoms with van der Waals surface area (Å²) >= 11 is 0. The Morgan fingerprint density at radius 2 is 0.354 bits per heavy atom. The number of hydrogen-bond acceptors (Lipinski definition) is 0. The third-order valence-corrected chi connectivity index (χ3v) is 14.5. The Balaban J connectivity index is 0.000000123. The van der Waals surface area contributed by atoms with Gasteiger partial charge in [0.1, 0.15) is 0 Å². The molecule has 0 bridgehead atoms. The molecular weight excluding hydrogens is 985 g/mol. The van der Waals surface area contributed by atoms with Gasteiger partial charge in [-0.15, -0.1) is 0 Å². The standard InChI is InChI=1S/C25H20.3C19H16/c1-19-9-8-14-22(15-19)25-17-23(20-10-4-2-5-11-20)16-24(18-25)21-12-6-3-7-13-21;1-15-12-18(16-8-4-2-5-9-16)14-19(13-15)17-10-6-3-7-11-17;1-15-14-18(16-8-4-2-5-9-16)12-13-19(15)17-10-6-3-7-11-17;1-15-7-5-10-17(13-15)19-12-6-11-18(14-19)16-8-3-2-4-9-16/h2-18H,1H3;3*2-14H,1H3. The maximum atomic E-state index is 2.29. The van der Waals surface area contributed by atoms with Crippen LogP contribution in [0.1, 0.15) is 22.3 Å². The second-order valence-corrected chi connectivity index (χ2v) is 20.8. The highest BCUT2D eigenvalue weighted by atomic mass is 14.1. The average Bonchev–Trinajstić information content (AvgIpc) is 3.62. The zero-order valence-electron chi connectivity index (χ0n) is 47.3. The molecule has 0 amide bonds. The van der Waals surface area contributed by atoms with Gasteiger partial charge < -0.3 is 0 Å². The Hall–Kier alpha value is -10.1. The molecule has 0 radical (unpaired) electrons. The molecular formula is C82H68. The van der Waals surface area contributed by atoms with Gasteiger partial charge in [0.25, 0.3) is 0 Å². The van der Waals surface area contributed by atoms with Crippen molar-refractivity contribution in [2.45, 2.75) is 27.7 Å². The lowest BCUT2D eigenvalue weighted by atomic mass is 9.93. The number of rotatable bonds is 9. The molecule has 0 heteroatoms. The van der Waals surface area contributed by atoms with Crippen LogP contribution >= 0.6 is 0 Å². The van der Waals surface area contributed by atoms with E-state index in [1.165, 1.54) is 122 Å². The topological polar surface area (TPSA) is 0 Å². The van der Waals surface area contributed by atoms with E-state index in [0.29, 0.717) is 0 Å². The highest BCUT2D eigenvalue weighted by molar-refractivity contribution is 5.82. The highest BCUT2D eigenvalue weighted by Gasteiger charge is 2.09.